The second kappa shape index (κ2) is 7.26. The van der Waals surface area contributed by atoms with Crippen LogP contribution in [-0.4, -0.2) is 29.0 Å². The van der Waals surface area contributed by atoms with E-state index in [-0.39, 0.29) is 5.91 Å². The molecule has 1 N–H and O–H groups in total. The fourth-order valence-electron chi connectivity index (χ4n) is 2.80. The summed E-state index contributed by atoms with van der Waals surface area (Å²) in [6.45, 7) is 4.16. The Kier molecular flexibility index (Phi) is 4.90. The molecule has 1 saturated heterocycles. The van der Waals surface area contributed by atoms with Gasteiger partial charge in [0.2, 0.25) is 0 Å². The lowest BCUT2D eigenvalue weighted by atomic mass is 10.2. The number of nitrogens with one attached hydrogen (secondary N) is 1. The highest BCUT2D eigenvalue weighted by Crippen LogP contribution is 2.18. The third kappa shape index (κ3) is 4.09. The standard InChI is InChI=1S/C17H22N4O2/c1-13-19-15(17(22)18-12-14-7-6-10-23-14)11-16(20-13)21-8-4-2-3-5-9-21/h6-7,10-11H,2-5,8-9,12H2,1H3,(H,18,22). The Bertz CT molecular complexity index is 647. The molecule has 2 aromatic heterocycles. The first-order valence-electron chi connectivity index (χ1n) is 8.13. The molecule has 0 unspecified atom stereocenters. The molecule has 0 aromatic carbocycles. The Morgan fingerprint density at radius 2 is 2.04 bits per heavy atom. The molecule has 0 atom stereocenters. The molecule has 1 fully saturated rings. The minimum Gasteiger partial charge on any atom is -0.467 e. The topological polar surface area (TPSA) is 71.3 Å². The average Bonchev–Trinajstić information content (AvgIpc) is 2.92. The summed E-state index contributed by atoms with van der Waals surface area (Å²) in [5, 5.41) is 2.83. The fourth-order valence-corrected chi connectivity index (χ4v) is 2.80. The third-order valence-electron chi connectivity index (χ3n) is 3.99. The molecule has 3 heterocycles. The Morgan fingerprint density at radius 1 is 1.26 bits per heavy atom. The lowest BCUT2D eigenvalue weighted by Gasteiger charge is -2.22. The summed E-state index contributed by atoms with van der Waals surface area (Å²) in [5.74, 6) is 1.98. The van der Waals surface area contributed by atoms with Crippen LogP contribution in [0.1, 0.15) is 47.8 Å². The second-order valence-electron chi connectivity index (χ2n) is 5.82. The molecule has 1 aliphatic rings. The molecule has 122 valence electrons. The molecule has 0 aliphatic carbocycles. The van der Waals surface area contributed by atoms with Crippen molar-refractivity contribution in [1.82, 2.24) is 15.3 Å². The number of amides is 1. The van der Waals surface area contributed by atoms with Crippen LogP contribution >= 0.6 is 0 Å². The van der Waals surface area contributed by atoms with E-state index >= 15 is 0 Å². The van der Waals surface area contributed by atoms with Gasteiger partial charge in [-0.15, -0.1) is 0 Å². The highest BCUT2D eigenvalue weighted by atomic mass is 16.3. The van der Waals surface area contributed by atoms with Crippen LogP contribution in [0.4, 0.5) is 5.82 Å². The van der Waals surface area contributed by atoms with Gasteiger partial charge in [0.25, 0.3) is 5.91 Å². The van der Waals surface area contributed by atoms with Crippen LogP contribution in [-0.2, 0) is 6.54 Å². The maximum Gasteiger partial charge on any atom is 0.270 e. The molecule has 6 heteroatoms. The van der Waals surface area contributed by atoms with Crippen molar-refractivity contribution in [2.24, 2.45) is 0 Å². The zero-order chi connectivity index (χ0) is 16.1. The van der Waals surface area contributed by atoms with E-state index in [4.69, 9.17) is 4.42 Å². The molecule has 3 rings (SSSR count). The summed E-state index contributed by atoms with van der Waals surface area (Å²) in [7, 11) is 0. The summed E-state index contributed by atoms with van der Waals surface area (Å²) in [5.41, 5.74) is 0.406. The predicted octanol–water partition coefficient (Wildman–Crippen LogP) is 2.69. The first-order valence-corrected chi connectivity index (χ1v) is 8.13. The zero-order valence-electron chi connectivity index (χ0n) is 13.4. The molecule has 2 aromatic rings. The normalized spacial score (nSPS) is 15.3. The van der Waals surface area contributed by atoms with E-state index in [1.807, 2.05) is 13.0 Å². The maximum atomic E-state index is 12.3. The summed E-state index contributed by atoms with van der Waals surface area (Å²) in [4.78, 5) is 23.4. The van der Waals surface area contributed by atoms with Crippen LogP contribution in [0.5, 0.6) is 0 Å². The predicted molar refractivity (Wildman–Crippen MR) is 87.3 cm³/mol. The number of anilines is 1. The summed E-state index contributed by atoms with van der Waals surface area (Å²) in [6.07, 6.45) is 6.45. The van der Waals surface area contributed by atoms with Crippen LogP contribution in [0.25, 0.3) is 0 Å². The third-order valence-corrected chi connectivity index (χ3v) is 3.99. The monoisotopic (exact) mass is 314 g/mol. The Hall–Kier alpha value is -2.37. The van der Waals surface area contributed by atoms with E-state index in [1.54, 1.807) is 18.4 Å². The van der Waals surface area contributed by atoms with Crippen LogP contribution in [0.3, 0.4) is 0 Å². The summed E-state index contributed by atoms with van der Waals surface area (Å²) >= 11 is 0. The van der Waals surface area contributed by atoms with Gasteiger partial charge in [0.1, 0.15) is 23.1 Å². The van der Waals surface area contributed by atoms with Crippen LogP contribution in [0.15, 0.2) is 28.9 Å². The van der Waals surface area contributed by atoms with Gasteiger partial charge in [-0.3, -0.25) is 4.79 Å². The van der Waals surface area contributed by atoms with Gasteiger partial charge < -0.3 is 14.6 Å². The summed E-state index contributed by atoms with van der Waals surface area (Å²) < 4.78 is 5.22. The average molecular weight is 314 g/mol. The van der Waals surface area contributed by atoms with Crippen molar-refractivity contribution in [3.8, 4) is 0 Å². The van der Waals surface area contributed by atoms with E-state index in [0.29, 0.717) is 18.1 Å². The Morgan fingerprint density at radius 3 is 2.74 bits per heavy atom. The van der Waals surface area contributed by atoms with Gasteiger partial charge in [0, 0.05) is 19.2 Å². The molecule has 1 aliphatic heterocycles. The smallest absolute Gasteiger partial charge is 0.270 e. The van der Waals surface area contributed by atoms with Gasteiger partial charge in [-0.25, -0.2) is 9.97 Å². The Balaban J connectivity index is 1.72. The molecule has 1 amide bonds. The lowest BCUT2D eigenvalue weighted by Crippen LogP contribution is -2.28. The van der Waals surface area contributed by atoms with E-state index in [9.17, 15) is 4.79 Å². The molecule has 0 saturated carbocycles. The van der Waals surface area contributed by atoms with Crippen molar-refractivity contribution in [3.63, 3.8) is 0 Å². The van der Waals surface area contributed by atoms with Crippen LogP contribution in [0, 0.1) is 6.92 Å². The lowest BCUT2D eigenvalue weighted by molar-refractivity contribution is 0.0942. The first kappa shape index (κ1) is 15.5. The fraction of sp³-hybridized carbons (Fsp3) is 0.471. The van der Waals surface area contributed by atoms with Crippen molar-refractivity contribution in [1.29, 1.82) is 0 Å². The highest BCUT2D eigenvalue weighted by molar-refractivity contribution is 5.92. The number of aromatic nitrogens is 2. The van der Waals surface area contributed by atoms with Crippen molar-refractivity contribution in [2.45, 2.75) is 39.2 Å². The molecule has 0 spiro atoms. The quantitative estimate of drug-likeness (QED) is 0.939. The van der Waals surface area contributed by atoms with E-state index in [0.717, 1.165) is 24.7 Å². The van der Waals surface area contributed by atoms with Crippen molar-refractivity contribution in [3.05, 3.63) is 41.7 Å². The molecule has 23 heavy (non-hydrogen) atoms. The van der Waals surface area contributed by atoms with Crippen LogP contribution < -0.4 is 10.2 Å². The number of rotatable bonds is 4. The van der Waals surface area contributed by atoms with E-state index in [1.165, 1.54) is 25.7 Å². The zero-order valence-corrected chi connectivity index (χ0v) is 13.4. The number of hydrogen-bond acceptors (Lipinski definition) is 5. The second-order valence-corrected chi connectivity index (χ2v) is 5.82. The number of aryl methyl sites for hydroxylation is 1. The first-order chi connectivity index (χ1) is 11.2. The van der Waals surface area contributed by atoms with Gasteiger partial charge in [-0.2, -0.15) is 0 Å². The number of hydrogen-bond donors (Lipinski definition) is 1. The van der Waals surface area contributed by atoms with Gasteiger partial charge in [0.15, 0.2) is 0 Å². The van der Waals surface area contributed by atoms with Crippen molar-refractivity contribution >= 4 is 11.7 Å². The minimum atomic E-state index is -0.206. The van der Waals surface area contributed by atoms with Crippen molar-refractivity contribution < 1.29 is 9.21 Å². The van der Waals surface area contributed by atoms with Gasteiger partial charge in [0.05, 0.1) is 12.8 Å². The number of carbonyl (C=O) groups excluding carboxylic acids is 1. The number of furan rings is 1. The molecule has 6 nitrogen and oxygen atoms in total. The molecular formula is C17H22N4O2. The van der Waals surface area contributed by atoms with Gasteiger partial charge in [-0.1, -0.05) is 12.8 Å². The highest BCUT2D eigenvalue weighted by Gasteiger charge is 2.16. The molecular weight excluding hydrogens is 292 g/mol. The maximum absolute atomic E-state index is 12.3. The summed E-state index contributed by atoms with van der Waals surface area (Å²) in [6, 6.07) is 5.41. The van der Waals surface area contributed by atoms with Crippen molar-refractivity contribution in [2.75, 3.05) is 18.0 Å². The van der Waals surface area contributed by atoms with Gasteiger partial charge in [-0.05, 0) is 31.9 Å². The largest absolute Gasteiger partial charge is 0.467 e. The minimum absolute atomic E-state index is 0.206. The van der Waals surface area contributed by atoms with E-state index < -0.39 is 0 Å². The van der Waals surface area contributed by atoms with Crippen LogP contribution in [0.2, 0.25) is 0 Å². The number of carbonyl (C=O) groups is 1. The SMILES string of the molecule is Cc1nc(C(=O)NCc2ccco2)cc(N2CCCCCC2)n1. The number of nitrogens with zero attached hydrogens (tertiary/aromatic N) is 3. The molecule has 0 radical (unpaired) electrons. The van der Waals surface area contributed by atoms with Gasteiger partial charge >= 0.3 is 0 Å². The Labute approximate surface area is 135 Å². The van der Waals surface area contributed by atoms with E-state index in [2.05, 4.69) is 20.2 Å². The molecule has 0 bridgehead atoms.